The number of amides is 2. The third kappa shape index (κ3) is 3.83. The fourth-order valence-corrected chi connectivity index (χ4v) is 2.17. The summed E-state index contributed by atoms with van der Waals surface area (Å²) in [4.78, 5) is 24.9. The number of carbonyl (C=O) groups excluding carboxylic acids is 2. The maximum Gasteiger partial charge on any atom is 0.231 e. The van der Waals surface area contributed by atoms with E-state index in [1.165, 1.54) is 12.8 Å². The lowest BCUT2D eigenvalue weighted by atomic mass is 10.2. The molecule has 0 saturated heterocycles. The van der Waals surface area contributed by atoms with Crippen molar-refractivity contribution in [1.29, 1.82) is 0 Å². The van der Waals surface area contributed by atoms with E-state index >= 15 is 0 Å². The van der Waals surface area contributed by atoms with E-state index in [1.807, 2.05) is 13.8 Å². The van der Waals surface area contributed by atoms with Gasteiger partial charge in [-0.15, -0.1) is 0 Å². The molecule has 0 aliphatic heterocycles. The van der Waals surface area contributed by atoms with Crippen molar-refractivity contribution in [2.75, 3.05) is 13.1 Å². The summed E-state index contributed by atoms with van der Waals surface area (Å²) in [6.45, 7) is 5.20. The molecule has 4 heteroatoms. The Morgan fingerprint density at radius 1 is 1.19 bits per heavy atom. The highest BCUT2D eigenvalue weighted by Gasteiger charge is 2.20. The Morgan fingerprint density at radius 2 is 1.75 bits per heavy atom. The smallest absolute Gasteiger partial charge is 0.231 e. The van der Waals surface area contributed by atoms with Crippen LogP contribution in [0.2, 0.25) is 0 Å². The van der Waals surface area contributed by atoms with Crippen LogP contribution >= 0.6 is 0 Å². The topological polar surface area (TPSA) is 49.4 Å². The van der Waals surface area contributed by atoms with Crippen molar-refractivity contribution in [3.63, 3.8) is 0 Å². The van der Waals surface area contributed by atoms with Crippen LogP contribution in [0.1, 0.15) is 46.0 Å². The van der Waals surface area contributed by atoms with Gasteiger partial charge in [-0.1, -0.05) is 12.8 Å². The predicted octanol–water partition coefficient (Wildman–Crippen LogP) is 1.30. The van der Waals surface area contributed by atoms with E-state index in [1.54, 1.807) is 4.90 Å². The molecule has 0 atom stereocenters. The molecule has 0 bridgehead atoms. The lowest BCUT2D eigenvalue weighted by Gasteiger charge is -2.19. The molecule has 0 radical (unpaired) electrons. The van der Waals surface area contributed by atoms with Gasteiger partial charge in [-0.3, -0.25) is 9.59 Å². The molecule has 0 aromatic heterocycles. The zero-order valence-electron chi connectivity index (χ0n) is 10.3. The van der Waals surface area contributed by atoms with Crippen LogP contribution in [-0.4, -0.2) is 35.8 Å². The standard InChI is InChI=1S/C12H22N2O2/c1-3-14(4-2)12(16)9-11(15)13-10-7-5-6-8-10/h10H,3-9H2,1-2H3,(H,13,15). The fraction of sp³-hybridized carbons (Fsp3) is 0.833. The molecule has 1 aliphatic carbocycles. The van der Waals surface area contributed by atoms with Crippen LogP contribution in [0.15, 0.2) is 0 Å². The van der Waals surface area contributed by atoms with Crippen molar-refractivity contribution in [3.05, 3.63) is 0 Å². The van der Waals surface area contributed by atoms with E-state index < -0.39 is 0 Å². The number of nitrogens with zero attached hydrogens (tertiary/aromatic N) is 1. The first-order chi connectivity index (χ1) is 7.67. The van der Waals surface area contributed by atoms with Gasteiger partial charge in [0, 0.05) is 19.1 Å². The molecule has 0 aromatic carbocycles. The highest BCUT2D eigenvalue weighted by atomic mass is 16.2. The summed E-state index contributed by atoms with van der Waals surface area (Å²) >= 11 is 0. The van der Waals surface area contributed by atoms with E-state index in [2.05, 4.69) is 5.32 Å². The summed E-state index contributed by atoms with van der Waals surface area (Å²) in [5.74, 6) is -0.190. The highest BCUT2D eigenvalue weighted by Crippen LogP contribution is 2.17. The summed E-state index contributed by atoms with van der Waals surface area (Å²) in [5, 5.41) is 2.93. The predicted molar refractivity (Wildman–Crippen MR) is 62.9 cm³/mol. The Hall–Kier alpha value is -1.06. The van der Waals surface area contributed by atoms with Gasteiger partial charge < -0.3 is 10.2 Å². The second-order valence-corrected chi connectivity index (χ2v) is 4.29. The third-order valence-electron chi connectivity index (χ3n) is 3.15. The van der Waals surface area contributed by atoms with Gasteiger partial charge >= 0.3 is 0 Å². The summed E-state index contributed by atoms with van der Waals surface area (Å²) in [6.07, 6.45) is 4.50. The van der Waals surface area contributed by atoms with Gasteiger partial charge in [-0.05, 0) is 26.7 Å². The maximum absolute atomic E-state index is 11.7. The average molecular weight is 226 g/mol. The quantitative estimate of drug-likeness (QED) is 0.718. The van der Waals surface area contributed by atoms with E-state index in [-0.39, 0.29) is 18.2 Å². The molecule has 1 saturated carbocycles. The first kappa shape index (κ1) is 13.0. The molecule has 1 rings (SSSR count). The summed E-state index contributed by atoms with van der Waals surface area (Å²) in [7, 11) is 0. The molecule has 16 heavy (non-hydrogen) atoms. The second-order valence-electron chi connectivity index (χ2n) is 4.29. The van der Waals surface area contributed by atoms with Crippen LogP contribution in [0.25, 0.3) is 0 Å². The van der Waals surface area contributed by atoms with Gasteiger partial charge in [0.15, 0.2) is 0 Å². The Balaban J connectivity index is 2.29. The highest BCUT2D eigenvalue weighted by molar-refractivity contribution is 5.96. The van der Waals surface area contributed by atoms with Gasteiger partial charge in [-0.25, -0.2) is 0 Å². The Kier molecular flexibility index (Phi) is 5.29. The summed E-state index contributed by atoms with van der Waals surface area (Å²) in [6, 6.07) is 0.303. The second kappa shape index (κ2) is 6.51. The van der Waals surface area contributed by atoms with Crippen LogP contribution in [0, 0.1) is 0 Å². The van der Waals surface area contributed by atoms with Crippen LogP contribution in [0.5, 0.6) is 0 Å². The Morgan fingerprint density at radius 3 is 2.25 bits per heavy atom. The largest absolute Gasteiger partial charge is 0.353 e. The van der Waals surface area contributed by atoms with Crippen LogP contribution in [-0.2, 0) is 9.59 Å². The molecule has 92 valence electrons. The zero-order valence-corrected chi connectivity index (χ0v) is 10.3. The minimum Gasteiger partial charge on any atom is -0.353 e. The Labute approximate surface area is 97.4 Å². The van der Waals surface area contributed by atoms with Crippen LogP contribution in [0.3, 0.4) is 0 Å². The maximum atomic E-state index is 11.7. The molecular weight excluding hydrogens is 204 g/mol. The third-order valence-corrected chi connectivity index (χ3v) is 3.15. The molecule has 1 aliphatic rings. The van der Waals surface area contributed by atoms with Crippen LogP contribution < -0.4 is 5.32 Å². The van der Waals surface area contributed by atoms with Gasteiger partial charge in [0.1, 0.15) is 6.42 Å². The molecule has 2 amide bonds. The van der Waals surface area contributed by atoms with E-state index in [9.17, 15) is 9.59 Å². The van der Waals surface area contributed by atoms with Gasteiger partial charge in [0.25, 0.3) is 0 Å². The first-order valence-corrected chi connectivity index (χ1v) is 6.24. The van der Waals surface area contributed by atoms with Crippen molar-refractivity contribution in [3.8, 4) is 0 Å². The monoisotopic (exact) mass is 226 g/mol. The number of hydrogen-bond acceptors (Lipinski definition) is 2. The SMILES string of the molecule is CCN(CC)C(=O)CC(=O)NC1CCCC1. The molecule has 4 nitrogen and oxygen atoms in total. The first-order valence-electron chi connectivity index (χ1n) is 6.24. The minimum atomic E-state index is -0.121. The van der Waals surface area contributed by atoms with Crippen molar-refractivity contribution in [1.82, 2.24) is 10.2 Å². The lowest BCUT2D eigenvalue weighted by Crippen LogP contribution is -2.38. The van der Waals surface area contributed by atoms with Crippen molar-refractivity contribution < 1.29 is 9.59 Å². The molecule has 0 unspecified atom stereocenters. The van der Waals surface area contributed by atoms with Crippen LogP contribution in [0.4, 0.5) is 0 Å². The molecule has 0 spiro atoms. The number of rotatable bonds is 5. The number of hydrogen-bond donors (Lipinski definition) is 1. The van der Waals surface area contributed by atoms with E-state index in [0.29, 0.717) is 19.1 Å². The molecular formula is C12H22N2O2. The van der Waals surface area contributed by atoms with Crippen molar-refractivity contribution >= 4 is 11.8 Å². The molecule has 0 heterocycles. The summed E-state index contributed by atoms with van der Waals surface area (Å²) in [5.41, 5.74) is 0. The molecule has 1 N–H and O–H groups in total. The minimum absolute atomic E-state index is 0.00181. The number of nitrogens with one attached hydrogen (secondary N) is 1. The van der Waals surface area contributed by atoms with Gasteiger partial charge in [0.2, 0.25) is 11.8 Å². The average Bonchev–Trinajstić information content (AvgIpc) is 2.71. The zero-order chi connectivity index (χ0) is 12.0. The summed E-state index contributed by atoms with van der Waals surface area (Å²) < 4.78 is 0. The van der Waals surface area contributed by atoms with Crippen molar-refractivity contribution in [2.24, 2.45) is 0 Å². The van der Waals surface area contributed by atoms with E-state index in [0.717, 1.165) is 12.8 Å². The Bertz CT molecular complexity index is 243. The van der Waals surface area contributed by atoms with E-state index in [4.69, 9.17) is 0 Å². The lowest BCUT2D eigenvalue weighted by molar-refractivity contribution is -0.136. The van der Waals surface area contributed by atoms with Crippen molar-refractivity contribution in [2.45, 2.75) is 52.0 Å². The molecule has 1 fully saturated rings. The normalized spacial score (nSPS) is 16.1. The fourth-order valence-electron chi connectivity index (χ4n) is 2.17. The number of carbonyl (C=O) groups is 2. The van der Waals surface area contributed by atoms with Gasteiger partial charge in [0.05, 0.1) is 0 Å². The van der Waals surface area contributed by atoms with Gasteiger partial charge in [-0.2, -0.15) is 0 Å². The molecule has 0 aromatic rings.